The van der Waals surface area contributed by atoms with Crippen molar-refractivity contribution in [3.8, 4) is 6.07 Å². The van der Waals surface area contributed by atoms with E-state index in [4.69, 9.17) is 5.26 Å². The van der Waals surface area contributed by atoms with Crippen LogP contribution in [0.25, 0.3) is 0 Å². The van der Waals surface area contributed by atoms with Crippen molar-refractivity contribution in [3.05, 3.63) is 59.7 Å². The molecule has 0 saturated heterocycles. The van der Waals surface area contributed by atoms with Gasteiger partial charge in [-0.15, -0.1) is 0 Å². The van der Waals surface area contributed by atoms with E-state index < -0.39 is 46.7 Å². The van der Waals surface area contributed by atoms with E-state index in [1.54, 1.807) is 6.07 Å². The molecule has 2 aromatic carbocycles. The van der Waals surface area contributed by atoms with Gasteiger partial charge in [0.25, 0.3) is 5.91 Å². The van der Waals surface area contributed by atoms with Crippen LogP contribution < -0.4 is 10.0 Å². The minimum absolute atomic E-state index is 0.0474. The first-order chi connectivity index (χ1) is 13.2. The predicted molar refractivity (Wildman–Crippen MR) is 92.3 cm³/mol. The van der Waals surface area contributed by atoms with E-state index >= 15 is 0 Å². The average molecular weight is 409 g/mol. The summed E-state index contributed by atoms with van der Waals surface area (Å²) >= 11 is 0. The summed E-state index contributed by atoms with van der Waals surface area (Å²) in [6, 6.07) is 9.78. The minimum atomic E-state index is -4.15. The lowest BCUT2D eigenvalue weighted by molar-refractivity contribution is -0.146. The molecule has 8 nitrogen and oxygen atoms in total. The number of nitrogens with one attached hydrogen (secondary N) is 2. The summed E-state index contributed by atoms with van der Waals surface area (Å²) in [5, 5.41) is 11.1. The van der Waals surface area contributed by atoms with Gasteiger partial charge in [0.2, 0.25) is 10.0 Å². The summed E-state index contributed by atoms with van der Waals surface area (Å²) in [5.41, 5.74) is -0.150. The Bertz CT molecular complexity index is 1050. The van der Waals surface area contributed by atoms with E-state index in [-0.39, 0.29) is 16.1 Å². The van der Waals surface area contributed by atoms with E-state index in [0.29, 0.717) is 0 Å². The molecule has 0 aliphatic heterocycles. The molecule has 0 aromatic heterocycles. The first kappa shape index (κ1) is 20.9. The summed E-state index contributed by atoms with van der Waals surface area (Å²) in [4.78, 5) is 23.0. The standard InChI is InChI=1S/C17H13F2N3O5S/c18-13-6-5-12(7-14(13)19)22-16(23)10-27-17(24)9-21-28(25,26)15-4-2-1-3-11(15)8-20/h1-7,21H,9-10H2,(H,22,23). The van der Waals surface area contributed by atoms with Gasteiger partial charge >= 0.3 is 5.97 Å². The van der Waals surface area contributed by atoms with Gasteiger partial charge in [0.15, 0.2) is 18.2 Å². The smallest absolute Gasteiger partial charge is 0.321 e. The number of rotatable bonds is 7. The van der Waals surface area contributed by atoms with E-state index in [1.807, 2.05) is 4.72 Å². The number of esters is 1. The number of benzene rings is 2. The number of nitrogens with zero attached hydrogens (tertiary/aromatic N) is 1. The number of anilines is 1. The third-order valence-electron chi connectivity index (χ3n) is 3.27. The summed E-state index contributed by atoms with van der Waals surface area (Å²) in [6.07, 6.45) is 0. The van der Waals surface area contributed by atoms with Crippen LogP contribution in [0.5, 0.6) is 0 Å². The van der Waals surface area contributed by atoms with E-state index in [9.17, 15) is 26.8 Å². The Hall–Kier alpha value is -3.36. The Kier molecular flexibility index (Phi) is 6.75. The van der Waals surface area contributed by atoms with Gasteiger partial charge in [-0.25, -0.2) is 17.2 Å². The third kappa shape index (κ3) is 5.57. The van der Waals surface area contributed by atoms with Crippen molar-refractivity contribution in [1.29, 1.82) is 5.26 Å². The molecule has 0 saturated carbocycles. The molecule has 146 valence electrons. The minimum Gasteiger partial charge on any atom is -0.455 e. The van der Waals surface area contributed by atoms with Gasteiger partial charge in [-0.2, -0.15) is 9.98 Å². The second-order valence-electron chi connectivity index (χ2n) is 5.27. The van der Waals surface area contributed by atoms with Gasteiger partial charge in [-0.3, -0.25) is 9.59 Å². The molecule has 0 radical (unpaired) electrons. The Balaban J connectivity index is 1.86. The number of carbonyl (C=O) groups is 2. The highest BCUT2D eigenvalue weighted by atomic mass is 32.2. The molecule has 0 aliphatic carbocycles. The predicted octanol–water partition coefficient (Wildman–Crippen LogP) is 1.30. The van der Waals surface area contributed by atoms with Gasteiger partial charge in [0.05, 0.1) is 10.5 Å². The number of hydrogen-bond donors (Lipinski definition) is 2. The van der Waals surface area contributed by atoms with Crippen molar-refractivity contribution >= 4 is 27.6 Å². The number of nitriles is 1. The SMILES string of the molecule is N#Cc1ccccc1S(=O)(=O)NCC(=O)OCC(=O)Nc1ccc(F)c(F)c1. The molecule has 0 spiro atoms. The normalized spacial score (nSPS) is 10.8. The van der Waals surface area contributed by atoms with Crippen LogP contribution in [0.3, 0.4) is 0 Å². The van der Waals surface area contributed by atoms with Crippen LogP contribution in [0, 0.1) is 23.0 Å². The highest BCUT2D eigenvalue weighted by Crippen LogP contribution is 2.14. The lowest BCUT2D eigenvalue weighted by Gasteiger charge is -2.09. The van der Waals surface area contributed by atoms with Crippen molar-refractivity contribution in [2.75, 3.05) is 18.5 Å². The number of carbonyl (C=O) groups excluding carboxylic acids is 2. The molecule has 28 heavy (non-hydrogen) atoms. The molecule has 0 bridgehead atoms. The van der Waals surface area contributed by atoms with E-state index in [1.165, 1.54) is 24.3 Å². The van der Waals surface area contributed by atoms with Crippen LogP contribution in [0.1, 0.15) is 5.56 Å². The maximum Gasteiger partial charge on any atom is 0.321 e. The lowest BCUT2D eigenvalue weighted by Crippen LogP contribution is -2.32. The molecule has 0 heterocycles. The molecule has 2 rings (SSSR count). The number of hydrogen-bond acceptors (Lipinski definition) is 6. The maximum atomic E-state index is 13.1. The van der Waals surface area contributed by atoms with Gasteiger partial charge in [-0.1, -0.05) is 12.1 Å². The molecule has 0 fully saturated rings. The first-order valence-electron chi connectivity index (χ1n) is 7.62. The van der Waals surface area contributed by atoms with Crippen LogP contribution in [-0.2, 0) is 24.3 Å². The van der Waals surface area contributed by atoms with Gasteiger partial charge < -0.3 is 10.1 Å². The molecule has 0 atom stereocenters. The van der Waals surface area contributed by atoms with Crippen molar-refractivity contribution in [3.63, 3.8) is 0 Å². The fraction of sp³-hybridized carbons (Fsp3) is 0.118. The highest BCUT2D eigenvalue weighted by molar-refractivity contribution is 7.89. The molecule has 0 unspecified atom stereocenters. The highest BCUT2D eigenvalue weighted by Gasteiger charge is 2.20. The molecular formula is C17H13F2N3O5S. The second kappa shape index (κ2) is 9.03. The molecule has 0 aliphatic rings. The topological polar surface area (TPSA) is 125 Å². The zero-order valence-electron chi connectivity index (χ0n) is 14.1. The van der Waals surface area contributed by atoms with Crippen molar-refractivity contribution in [2.24, 2.45) is 0 Å². The summed E-state index contributed by atoms with van der Waals surface area (Å²) < 4.78 is 56.7. The van der Waals surface area contributed by atoms with Crippen LogP contribution in [0.4, 0.5) is 14.5 Å². The van der Waals surface area contributed by atoms with Crippen LogP contribution in [0.2, 0.25) is 0 Å². The lowest BCUT2D eigenvalue weighted by atomic mass is 10.2. The van der Waals surface area contributed by atoms with Crippen LogP contribution in [-0.4, -0.2) is 33.4 Å². The average Bonchev–Trinajstić information content (AvgIpc) is 2.67. The largest absolute Gasteiger partial charge is 0.455 e. The maximum absolute atomic E-state index is 13.1. The summed E-state index contributed by atoms with van der Waals surface area (Å²) in [7, 11) is -4.15. The van der Waals surface area contributed by atoms with Crippen molar-refractivity contribution in [2.45, 2.75) is 4.90 Å². The van der Waals surface area contributed by atoms with Crippen LogP contribution in [0.15, 0.2) is 47.4 Å². The van der Waals surface area contributed by atoms with E-state index in [2.05, 4.69) is 10.1 Å². The number of amides is 1. The quantitative estimate of drug-likeness (QED) is 0.664. The molecule has 2 aromatic rings. The van der Waals surface area contributed by atoms with Crippen LogP contribution >= 0.6 is 0 Å². The summed E-state index contributed by atoms with van der Waals surface area (Å²) in [5.74, 6) is -4.15. The molecule has 2 N–H and O–H groups in total. The second-order valence-corrected chi connectivity index (χ2v) is 7.01. The molecule has 1 amide bonds. The van der Waals surface area contributed by atoms with E-state index in [0.717, 1.165) is 18.2 Å². The zero-order chi connectivity index (χ0) is 20.7. The fourth-order valence-corrected chi connectivity index (χ4v) is 3.12. The fourth-order valence-electron chi connectivity index (χ4n) is 1.99. The number of sulfonamides is 1. The van der Waals surface area contributed by atoms with Gasteiger partial charge in [-0.05, 0) is 24.3 Å². The third-order valence-corrected chi connectivity index (χ3v) is 4.73. The first-order valence-corrected chi connectivity index (χ1v) is 9.10. The molecule has 11 heteroatoms. The van der Waals surface area contributed by atoms with Gasteiger partial charge in [0, 0.05) is 11.8 Å². The zero-order valence-corrected chi connectivity index (χ0v) is 14.9. The Morgan fingerprint density at radius 3 is 2.50 bits per heavy atom. The van der Waals surface area contributed by atoms with Gasteiger partial charge in [0.1, 0.15) is 12.6 Å². The Labute approximate surface area is 158 Å². The number of halogens is 2. The Morgan fingerprint density at radius 1 is 1.11 bits per heavy atom. The Morgan fingerprint density at radius 2 is 1.82 bits per heavy atom. The summed E-state index contributed by atoms with van der Waals surface area (Å²) in [6.45, 7) is -1.55. The monoisotopic (exact) mass is 409 g/mol. The molecular weight excluding hydrogens is 396 g/mol. The van der Waals surface area contributed by atoms with Crippen molar-refractivity contribution < 1.29 is 31.5 Å². The number of ether oxygens (including phenoxy) is 1. The van der Waals surface area contributed by atoms with Crippen molar-refractivity contribution in [1.82, 2.24) is 4.72 Å².